The third-order valence-corrected chi connectivity index (χ3v) is 6.76. The molecule has 1 N–H and O–H groups in total. The monoisotopic (exact) mass is 422 g/mol. The van der Waals surface area contributed by atoms with Gasteiger partial charge in [-0.2, -0.15) is 0 Å². The van der Waals surface area contributed by atoms with Crippen molar-refractivity contribution in [2.24, 2.45) is 0 Å². The fourth-order valence-corrected chi connectivity index (χ4v) is 4.46. The molecule has 1 amide bonds. The highest BCUT2D eigenvalue weighted by atomic mass is 32.2. The van der Waals surface area contributed by atoms with Gasteiger partial charge in [-0.05, 0) is 49.6 Å². The summed E-state index contributed by atoms with van der Waals surface area (Å²) in [5.41, 5.74) is 1.88. The van der Waals surface area contributed by atoms with E-state index < -0.39 is 10.0 Å². The van der Waals surface area contributed by atoms with Crippen LogP contribution in [0.1, 0.15) is 29.3 Å². The van der Waals surface area contributed by atoms with Crippen LogP contribution in [0.2, 0.25) is 0 Å². The minimum atomic E-state index is -3.77. The van der Waals surface area contributed by atoms with E-state index in [0.717, 1.165) is 17.1 Å². The molecule has 0 heterocycles. The maximum absolute atomic E-state index is 13.0. The molecule has 6 heteroatoms. The quantitative estimate of drug-likeness (QED) is 0.590. The predicted octanol–water partition coefficient (Wildman–Crippen LogP) is 4.26. The molecule has 0 saturated carbocycles. The van der Waals surface area contributed by atoms with Crippen molar-refractivity contribution in [3.8, 4) is 0 Å². The molecule has 0 aromatic heterocycles. The number of carbonyl (C=O) groups is 1. The molecule has 0 radical (unpaired) electrons. The number of para-hydroxylation sites is 1. The number of hydrogen-bond acceptors (Lipinski definition) is 3. The Balaban J connectivity index is 1.75. The van der Waals surface area contributed by atoms with Crippen LogP contribution in [-0.2, 0) is 16.4 Å². The summed E-state index contributed by atoms with van der Waals surface area (Å²) in [6, 6.07) is 25.0. The SMILES string of the molecule is C[C@@H](CCc1ccccc1)NC(=O)c1ccccc1N(C)S(=O)(=O)c1ccccc1. The number of amides is 1. The van der Waals surface area contributed by atoms with Gasteiger partial charge in [0.1, 0.15) is 0 Å². The highest BCUT2D eigenvalue weighted by Crippen LogP contribution is 2.25. The van der Waals surface area contributed by atoms with Gasteiger partial charge < -0.3 is 5.32 Å². The molecule has 0 aliphatic carbocycles. The molecular weight excluding hydrogens is 396 g/mol. The molecule has 0 saturated heterocycles. The molecule has 3 aromatic rings. The van der Waals surface area contributed by atoms with E-state index in [1.54, 1.807) is 54.6 Å². The van der Waals surface area contributed by atoms with Crippen LogP contribution in [-0.4, -0.2) is 27.4 Å². The molecule has 0 unspecified atom stereocenters. The molecule has 3 rings (SSSR count). The molecule has 30 heavy (non-hydrogen) atoms. The number of hydrogen-bond donors (Lipinski definition) is 1. The lowest BCUT2D eigenvalue weighted by Gasteiger charge is -2.23. The molecule has 0 bridgehead atoms. The number of anilines is 1. The van der Waals surface area contributed by atoms with Gasteiger partial charge in [0.25, 0.3) is 15.9 Å². The number of sulfonamides is 1. The molecular formula is C24H26N2O3S. The van der Waals surface area contributed by atoms with E-state index in [0.29, 0.717) is 11.3 Å². The van der Waals surface area contributed by atoms with Gasteiger partial charge in [-0.1, -0.05) is 60.7 Å². The van der Waals surface area contributed by atoms with Crippen LogP contribution in [0, 0.1) is 0 Å². The van der Waals surface area contributed by atoms with E-state index in [9.17, 15) is 13.2 Å². The lowest BCUT2D eigenvalue weighted by Crippen LogP contribution is -2.35. The van der Waals surface area contributed by atoms with Crippen molar-refractivity contribution in [1.82, 2.24) is 5.32 Å². The van der Waals surface area contributed by atoms with Crippen LogP contribution < -0.4 is 9.62 Å². The van der Waals surface area contributed by atoms with E-state index in [2.05, 4.69) is 17.4 Å². The number of nitrogens with one attached hydrogen (secondary N) is 1. The summed E-state index contributed by atoms with van der Waals surface area (Å²) in [5.74, 6) is -0.290. The normalized spacial score (nSPS) is 12.2. The number of carbonyl (C=O) groups excluding carboxylic acids is 1. The van der Waals surface area contributed by atoms with Crippen LogP contribution in [0.3, 0.4) is 0 Å². The number of benzene rings is 3. The number of rotatable bonds is 8. The second-order valence-electron chi connectivity index (χ2n) is 7.20. The fraction of sp³-hybridized carbons (Fsp3) is 0.208. The van der Waals surface area contributed by atoms with Crippen LogP contribution >= 0.6 is 0 Å². The molecule has 5 nitrogen and oxygen atoms in total. The number of aryl methyl sites for hydroxylation is 1. The van der Waals surface area contributed by atoms with Crippen molar-refractivity contribution >= 4 is 21.6 Å². The number of nitrogens with zero attached hydrogens (tertiary/aromatic N) is 1. The largest absolute Gasteiger partial charge is 0.350 e. The van der Waals surface area contributed by atoms with Crippen molar-refractivity contribution in [2.75, 3.05) is 11.4 Å². The molecule has 3 aromatic carbocycles. The van der Waals surface area contributed by atoms with Crippen LogP contribution in [0.25, 0.3) is 0 Å². The molecule has 156 valence electrons. The van der Waals surface area contributed by atoms with E-state index in [1.165, 1.54) is 12.6 Å². The lowest BCUT2D eigenvalue weighted by atomic mass is 10.1. The minimum Gasteiger partial charge on any atom is -0.350 e. The standard InChI is InChI=1S/C24H26N2O3S/c1-19(17-18-20-11-5-3-6-12-20)25-24(27)22-15-9-10-16-23(22)26(2)30(28,29)21-13-7-4-8-14-21/h3-16,19H,17-18H2,1-2H3,(H,25,27)/t19-/m0/s1. The first-order valence-corrected chi connectivity index (χ1v) is 11.3. The zero-order valence-electron chi connectivity index (χ0n) is 17.2. The first-order chi connectivity index (χ1) is 14.4. The van der Waals surface area contributed by atoms with Gasteiger partial charge in [-0.25, -0.2) is 8.42 Å². The summed E-state index contributed by atoms with van der Waals surface area (Å²) in [4.78, 5) is 13.1. The van der Waals surface area contributed by atoms with Gasteiger partial charge in [-0.3, -0.25) is 9.10 Å². The Morgan fingerprint density at radius 2 is 1.47 bits per heavy atom. The Morgan fingerprint density at radius 1 is 0.900 bits per heavy atom. The average molecular weight is 423 g/mol. The van der Waals surface area contributed by atoms with Crippen LogP contribution in [0.4, 0.5) is 5.69 Å². The van der Waals surface area contributed by atoms with Crippen LogP contribution in [0.15, 0.2) is 89.8 Å². The Bertz CT molecular complexity index is 1080. The molecule has 0 aliphatic rings. The topological polar surface area (TPSA) is 66.5 Å². The second-order valence-corrected chi connectivity index (χ2v) is 9.17. The predicted molar refractivity (Wildman–Crippen MR) is 120 cm³/mol. The van der Waals surface area contributed by atoms with Crippen molar-refractivity contribution in [3.05, 3.63) is 96.1 Å². The second kappa shape index (κ2) is 9.59. The third-order valence-electron chi connectivity index (χ3n) is 4.98. The summed E-state index contributed by atoms with van der Waals surface area (Å²) in [6.07, 6.45) is 1.64. The van der Waals surface area contributed by atoms with E-state index in [4.69, 9.17) is 0 Å². The van der Waals surface area contributed by atoms with Crippen LogP contribution in [0.5, 0.6) is 0 Å². The van der Waals surface area contributed by atoms with Gasteiger partial charge in [-0.15, -0.1) is 0 Å². The maximum Gasteiger partial charge on any atom is 0.264 e. The van der Waals surface area contributed by atoms with Gasteiger partial charge >= 0.3 is 0 Å². The summed E-state index contributed by atoms with van der Waals surface area (Å²) >= 11 is 0. The molecule has 0 aliphatic heterocycles. The van der Waals surface area contributed by atoms with Crippen molar-refractivity contribution < 1.29 is 13.2 Å². The van der Waals surface area contributed by atoms with Crippen molar-refractivity contribution in [3.63, 3.8) is 0 Å². The summed E-state index contributed by atoms with van der Waals surface area (Å²) < 4.78 is 27.1. The van der Waals surface area contributed by atoms with E-state index in [-0.39, 0.29) is 16.8 Å². The first-order valence-electron chi connectivity index (χ1n) is 9.87. The summed E-state index contributed by atoms with van der Waals surface area (Å²) in [7, 11) is -2.30. The lowest BCUT2D eigenvalue weighted by molar-refractivity contribution is 0.0939. The average Bonchev–Trinajstić information content (AvgIpc) is 2.78. The fourth-order valence-electron chi connectivity index (χ4n) is 3.22. The Labute approximate surface area is 178 Å². The third kappa shape index (κ3) is 5.07. The van der Waals surface area contributed by atoms with Crippen molar-refractivity contribution in [1.29, 1.82) is 0 Å². The highest BCUT2D eigenvalue weighted by molar-refractivity contribution is 7.92. The van der Waals surface area contributed by atoms with E-state index >= 15 is 0 Å². The van der Waals surface area contributed by atoms with Gasteiger partial charge in [0.15, 0.2) is 0 Å². The van der Waals surface area contributed by atoms with Crippen molar-refractivity contribution in [2.45, 2.75) is 30.7 Å². The van der Waals surface area contributed by atoms with Gasteiger partial charge in [0, 0.05) is 13.1 Å². The van der Waals surface area contributed by atoms with Gasteiger partial charge in [0.2, 0.25) is 0 Å². The molecule has 1 atom stereocenters. The molecule has 0 spiro atoms. The summed E-state index contributed by atoms with van der Waals surface area (Å²) in [5, 5.41) is 2.99. The zero-order valence-corrected chi connectivity index (χ0v) is 18.0. The minimum absolute atomic E-state index is 0.0539. The molecule has 0 fully saturated rings. The highest BCUT2D eigenvalue weighted by Gasteiger charge is 2.25. The van der Waals surface area contributed by atoms with E-state index in [1.807, 2.05) is 25.1 Å². The summed E-state index contributed by atoms with van der Waals surface area (Å²) in [6.45, 7) is 1.95. The Hall–Kier alpha value is -3.12. The first kappa shape index (κ1) is 21.6. The Kier molecular flexibility index (Phi) is 6.90. The zero-order chi connectivity index (χ0) is 21.6. The smallest absolute Gasteiger partial charge is 0.264 e. The maximum atomic E-state index is 13.0. The Morgan fingerprint density at radius 3 is 2.13 bits per heavy atom. The van der Waals surface area contributed by atoms with Gasteiger partial charge in [0.05, 0.1) is 16.1 Å².